The van der Waals surface area contributed by atoms with E-state index in [1.54, 1.807) is 12.1 Å². The van der Waals surface area contributed by atoms with E-state index in [0.717, 1.165) is 5.69 Å². The molecule has 1 aliphatic rings. The Morgan fingerprint density at radius 1 is 1.19 bits per heavy atom. The Labute approximate surface area is 158 Å². The molecule has 2 heterocycles. The third-order valence-electron chi connectivity index (χ3n) is 4.99. The monoisotopic (exact) mass is 369 g/mol. The highest BCUT2D eigenvalue weighted by Crippen LogP contribution is 2.30. The van der Waals surface area contributed by atoms with Gasteiger partial charge >= 0.3 is 5.97 Å². The fourth-order valence-electron chi connectivity index (χ4n) is 3.08. The number of para-hydroxylation sites is 1. The van der Waals surface area contributed by atoms with Gasteiger partial charge in [-0.25, -0.2) is 4.98 Å². The number of rotatable bonds is 6. The smallest absolute Gasteiger partial charge is 0.311 e. The molecule has 0 atom stereocenters. The van der Waals surface area contributed by atoms with Gasteiger partial charge in [-0.05, 0) is 37.1 Å². The number of benzene rings is 1. The predicted molar refractivity (Wildman–Crippen MR) is 101 cm³/mol. The van der Waals surface area contributed by atoms with E-state index in [1.165, 1.54) is 6.20 Å². The topological polar surface area (TPSA) is 91.8 Å². The van der Waals surface area contributed by atoms with Crippen LogP contribution in [-0.2, 0) is 9.53 Å². The number of carbonyl (C=O) groups is 2. The summed E-state index contributed by atoms with van der Waals surface area (Å²) < 4.78 is 5.25. The van der Waals surface area contributed by atoms with Gasteiger partial charge in [0.15, 0.2) is 0 Å². The molecule has 1 amide bonds. The van der Waals surface area contributed by atoms with Crippen molar-refractivity contribution in [1.82, 2.24) is 10.3 Å². The molecule has 2 N–H and O–H groups in total. The molecule has 7 heteroatoms. The minimum absolute atomic E-state index is 0.0796. The molecule has 0 radical (unpaired) electrons. The Bertz CT molecular complexity index is 787. The molecule has 1 aliphatic heterocycles. The summed E-state index contributed by atoms with van der Waals surface area (Å²) in [5.74, 6) is -0.517. The highest BCUT2D eigenvalue weighted by atomic mass is 16.5. The molecule has 0 unspecified atom stereocenters. The summed E-state index contributed by atoms with van der Waals surface area (Å²) in [6.45, 7) is 0.866. The van der Waals surface area contributed by atoms with Crippen LogP contribution in [0, 0.1) is 5.41 Å². The van der Waals surface area contributed by atoms with E-state index in [4.69, 9.17) is 4.74 Å². The molecule has 142 valence electrons. The van der Waals surface area contributed by atoms with Crippen LogP contribution >= 0.6 is 0 Å². The molecule has 0 spiro atoms. The minimum Gasteiger partial charge on any atom is -0.481 e. The van der Waals surface area contributed by atoms with Crippen LogP contribution in [-0.4, -0.2) is 48.8 Å². The van der Waals surface area contributed by atoms with Crippen molar-refractivity contribution in [2.24, 2.45) is 5.41 Å². The van der Waals surface area contributed by atoms with Gasteiger partial charge in [0.25, 0.3) is 5.91 Å². The van der Waals surface area contributed by atoms with Crippen LogP contribution in [0.1, 0.15) is 23.2 Å². The second kappa shape index (κ2) is 8.18. The molecule has 1 fully saturated rings. The standard InChI is InChI=1S/C20H23N3O4/c1-23(16-5-3-2-4-6-16)17-8-7-15(13-21-17)18(24)22-14-20(19(25)26)9-11-27-12-10-20/h2-8,13H,9-12,14H2,1H3,(H,22,24)(H,25,26). The van der Waals surface area contributed by atoms with Crippen LogP contribution in [0.15, 0.2) is 48.7 Å². The van der Waals surface area contributed by atoms with Crippen molar-refractivity contribution in [3.8, 4) is 0 Å². The predicted octanol–water partition coefficient (Wildman–Crippen LogP) is 2.46. The molecule has 1 aromatic heterocycles. The molecule has 0 bridgehead atoms. The van der Waals surface area contributed by atoms with Gasteiger partial charge in [0, 0.05) is 38.7 Å². The van der Waals surface area contributed by atoms with E-state index >= 15 is 0 Å². The Morgan fingerprint density at radius 2 is 1.89 bits per heavy atom. The third-order valence-corrected chi connectivity index (χ3v) is 4.99. The van der Waals surface area contributed by atoms with E-state index < -0.39 is 11.4 Å². The Hall–Kier alpha value is -2.93. The number of anilines is 2. The van der Waals surface area contributed by atoms with E-state index in [1.807, 2.05) is 42.3 Å². The molecule has 27 heavy (non-hydrogen) atoms. The van der Waals surface area contributed by atoms with Gasteiger partial charge in [0.05, 0.1) is 11.0 Å². The molecule has 3 rings (SSSR count). The van der Waals surface area contributed by atoms with Gasteiger partial charge < -0.3 is 20.1 Å². The quantitative estimate of drug-likeness (QED) is 0.813. The molecule has 0 saturated carbocycles. The Morgan fingerprint density at radius 3 is 2.48 bits per heavy atom. The second-order valence-corrected chi connectivity index (χ2v) is 6.68. The van der Waals surface area contributed by atoms with Gasteiger partial charge in [-0.15, -0.1) is 0 Å². The summed E-state index contributed by atoms with van der Waals surface area (Å²) in [7, 11) is 1.90. The first-order valence-electron chi connectivity index (χ1n) is 8.86. The number of hydrogen-bond acceptors (Lipinski definition) is 5. The molecule has 7 nitrogen and oxygen atoms in total. The van der Waals surface area contributed by atoms with E-state index in [2.05, 4.69) is 10.3 Å². The van der Waals surface area contributed by atoms with Crippen LogP contribution in [0.25, 0.3) is 0 Å². The first-order chi connectivity index (χ1) is 13.0. The fourth-order valence-corrected chi connectivity index (χ4v) is 3.08. The summed E-state index contributed by atoms with van der Waals surface area (Å²) in [6.07, 6.45) is 2.28. The maximum absolute atomic E-state index is 12.4. The van der Waals surface area contributed by atoms with Crippen LogP contribution in [0.3, 0.4) is 0 Å². The third kappa shape index (κ3) is 4.25. The number of carboxylic acid groups (broad SMARTS) is 1. The number of amides is 1. The van der Waals surface area contributed by atoms with Gasteiger partial charge in [0.2, 0.25) is 0 Å². The molecule has 1 saturated heterocycles. The zero-order valence-electron chi connectivity index (χ0n) is 15.2. The Balaban J connectivity index is 1.64. The Kier molecular flexibility index (Phi) is 5.71. The lowest BCUT2D eigenvalue weighted by Gasteiger charge is -2.33. The van der Waals surface area contributed by atoms with Gasteiger partial charge in [-0.2, -0.15) is 0 Å². The molecule has 2 aromatic rings. The summed E-state index contributed by atoms with van der Waals surface area (Å²) in [5, 5.41) is 12.3. The fraction of sp³-hybridized carbons (Fsp3) is 0.350. The average Bonchev–Trinajstić information content (AvgIpc) is 2.73. The highest BCUT2D eigenvalue weighted by Gasteiger charge is 2.40. The maximum atomic E-state index is 12.4. The average molecular weight is 369 g/mol. The van der Waals surface area contributed by atoms with Crippen LogP contribution < -0.4 is 10.2 Å². The van der Waals surface area contributed by atoms with Gasteiger partial charge in [-0.3, -0.25) is 9.59 Å². The lowest BCUT2D eigenvalue weighted by Crippen LogP contribution is -2.46. The van der Waals surface area contributed by atoms with Crippen molar-refractivity contribution in [3.63, 3.8) is 0 Å². The second-order valence-electron chi connectivity index (χ2n) is 6.68. The highest BCUT2D eigenvalue weighted by molar-refractivity contribution is 5.94. The van der Waals surface area contributed by atoms with Crippen LogP contribution in [0.4, 0.5) is 11.5 Å². The first kappa shape index (κ1) is 18.8. The van der Waals surface area contributed by atoms with Crippen LogP contribution in [0.5, 0.6) is 0 Å². The SMILES string of the molecule is CN(c1ccccc1)c1ccc(C(=O)NCC2(C(=O)O)CCOCC2)cn1. The number of ether oxygens (including phenoxy) is 1. The summed E-state index contributed by atoms with van der Waals surface area (Å²) >= 11 is 0. The molecular weight excluding hydrogens is 346 g/mol. The molecule has 1 aromatic carbocycles. The van der Waals surface area contributed by atoms with Crippen molar-refractivity contribution in [3.05, 3.63) is 54.2 Å². The number of nitrogens with one attached hydrogen (secondary N) is 1. The first-order valence-corrected chi connectivity index (χ1v) is 8.86. The molecule has 0 aliphatic carbocycles. The number of nitrogens with zero attached hydrogens (tertiary/aromatic N) is 2. The van der Waals surface area contributed by atoms with Crippen LogP contribution in [0.2, 0.25) is 0 Å². The summed E-state index contributed by atoms with van der Waals surface area (Å²) in [6, 6.07) is 13.2. The number of aliphatic carboxylic acids is 1. The van der Waals surface area contributed by atoms with E-state index in [0.29, 0.717) is 37.4 Å². The summed E-state index contributed by atoms with van der Waals surface area (Å²) in [5.41, 5.74) is 0.423. The minimum atomic E-state index is -0.963. The number of hydrogen-bond donors (Lipinski definition) is 2. The maximum Gasteiger partial charge on any atom is 0.311 e. The zero-order valence-corrected chi connectivity index (χ0v) is 15.2. The van der Waals surface area contributed by atoms with Crippen molar-refractivity contribution >= 4 is 23.4 Å². The van der Waals surface area contributed by atoms with Crippen molar-refractivity contribution < 1.29 is 19.4 Å². The van der Waals surface area contributed by atoms with E-state index in [-0.39, 0.29) is 12.5 Å². The molecular formula is C20H23N3O4. The van der Waals surface area contributed by atoms with Gasteiger partial charge in [-0.1, -0.05) is 18.2 Å². The largest absolute Gasteiger partial charge is 0.481 e. The number of aromatic nitrogens is 1. The van der Waals surface area contributed by atoms with Crippen molar-refractivity contribution in [2.45, 2.75) is 12.8 Å². The lowest BCUT2D eigenvalue weighted by molar-refractivity contribution is -0.154. The van der Waals surface area contributed by atoms with Crippen molar-refractivity contribution in [1.29, 1.82) is 0 Å². The number of pyridine rings is 1. The lowest BCUT2D eigenvalue weighted by atomic mass is 9.80. The van der Waals surface area contributed by atoms with Gasteiger partial charge in [0.1, 0.15) is 5.82 Å². The number of carboxylic acids is 1. The zero-order chi connectivity index (χ0) is 19.3. The normalized spacial score (nSPS) is 15.7. The van der Waals surface area contributed by atoms with Crippen molar-refractivity contribution in [2.75, 3.05) is 31.7 Å². The number of carbonyl (C=O) groups excluding carboxylic acids is 1. The van der Waals surface area contributed by atoms with E-state index in [9.17, 15) is 14.7 Å². The summed E-state index contributed by atoms with van der Waals surface area (Å²) in [4.78, 5) is 30.3.